The molecule has 3 saturated heterocycles. The van der Waals surface area contributed by atoms with Gasteiger partial charge in [-0.1, -0.05) is 0 Å². The van der Waals surface area contributed by atoms with Crippen LogP contribution in [-0.2, 0) is 28.4 Å². The molecule has 3 heterocycles. The van der Waals surface area contributed by atoms with Crippen molar-refractivity contribution in [3.8, 4) is 0 Å². The molecule has 11 rings (SSSR count). The number of aliphatic hydroxyl groups excluding tert-OH is 1. The lowest BCUT2D eigenvalue weighted by atomic mass is 9.53. The Balaban J connectivity index is 0.967. The Morgan fingerprint density at radius 1 is 0.657 bits per heavy atom. The highest BCUT2D eigenvalue weighted by Gasteiger charge is 2.70. The van der Waals surface area contributed by atoms with Crippen LogP contribution in [0.1, 0.15) is 64.2 Å². The summed E-state index contributed by atoms with van der Waals surface area (Å²) in [5.74, 6) is 4.52. The summed E-state index contributed by atoms with van der Waals surface area (Å²) in [7, 11) is 0. The first-order chi connectivity index (χ1) is 17.1. The number of hydrogen-bond donors (Lipinski definition) is 1. The molecule has 194 valence electrons. The van der Waals surface area contributed by atoms with Crippen molar-refractivity contribution in [1.29, 1.82) is 0 Å². The van der Waals surface area contributed by atoms with Gasteiger partial charge in [-0.25, -0.2) is 0 Å². The minimum absolute atomic E-state index is 0.0138. The zero-order valence-electron chi connectivity index (χ0n) is 20.6. The molecule has 0 amide bonds. The molecule has 5 unspecified atom stereocenters. The van der Waals surface area contributed by atoms with Crippen LogP contribution >= 0.6 is 0 Å². The van der Waals surface area contributed by atoms with Crippen molar-refractivity contribution in [2.24, 2.45) is 47.3 Å². The van der Waals surface area contributed by atoms with E-state index in [1.165, 1.54) is 64.2 Å². The molecule has 8 aliphatic carbocycles. The molecule has 1 N–H and O–H groups in total. The van der Waals surface area contributed by atoms with E-state index in [2.05, 4.69) is 0 Å². The van der Waals surface area contributed by atoms with Crippen LogP contribution in [0, 0.1) is 47.3 Å². The van der Waals surface area contributed by atoms with Crippen LogP contribution in [0.25, 0.3) is 0 Å². The van der Waals surface area contributed by atoms with Gasteiger partial charge in [0.25, 0.3) is 0 Å². The zero-order chi connectivity index (χ0) is 22.9. The maximum Gasteiger partial charge on any atom is 0.190 e. The minimum atomic E-state index is -0.496. The van der Waals surface area contributed by atoms with Gasteiger partial charge in [0.15, 0.2) is 17.9 Å². The number of rotatable bonds is 4. The van der Waals surface area contributed by atoms with E-state index in [1.54, 1.807) is 0 Å². The standard InChI is InChI=1S/C28H40O7/c29-1-2-30-24-23(22-13-31-27(33-22)18-5-14-3-15(7-18)8-19(27)6-14)32-26-25(24)34-28(35-26)20-9-16-4-17(11-20)12-21(28)10-16/h14-26,29H,1-13H2. The first kappa shape index (κ1) is 21.6. The van der Waals surface area contributed by atoms with Crippen LogP contribution < -0.4 is 0 Å². The second kappa shape index (κ2) is 7.43. The molecule has 8 bridgehead atoms. The minimum Gasteiger partial charge on any atom is -0.394 e. The molecule has 7 heteroatoms. The van der Waals surface area contributed by atoms with Crippen LogP contribution in [-0.4, -0.2) is 67.2 Å². The highest BCUT2D eigenvalue weighted by molar-refractivity contribution is 5.11. The molecule has 2 spiro atoms. The first-order valence-electron chi connectivity index (χ1n) is 14.7. The van der Waals surface area contributed by atoms with Crippen molar-refractivity contribution >= 4 is 0 Å². The van der Waals surface area contributed by atoms with E-state index in [0.29, 0.717) is 30.3 Å². The third-order valence-corrected chi connectivity index (χ3v) is 12.0. The summed E-state index contributed by atoms with van der Waals surface area (Å²) in [6, 6.07) is 0. The molecule has 0 aromatic heterocycles. The van der Waals surface area contributed by atoms with Crippen molar-refractivity contribution in [2.45, 2.75) is 106 Å². The van der Waals surface area contributed by atoms with Crippen molar-refractivity contribution in [3.05, 3.63) is 0 Å². The molecule has 8 saturated carbocycles. The summed E-state index contributed by atoms with van der Waals surface area (Å²) in [5, 5.41) is 9.57. The number of aliphatic hydroxyl groups is 1. The van der Waals surface area contributed by atoms with Crippen molar-refractivity contribution in [2.75, 3.05) is 19.8 Å². The fraction of sp³-hybridized carbons (Fsp3) is 1.00. The predicted octanol–water partition coefficient (Wildman–Crippen LogP) is 3.22. The summed E-state index contributed by atoms with van der Waals surface area (Å²) < 4.78 is 40.2. The van der Waals surface area contributed by atoms with E-state index in [1.807, 2.05) is 0 Å². The lowest BCUT2D eigenvalue weighted by Crippen LogP contribution is -2.60. The molecule has 11 aliphatic rings. The van der Waals surface area contributed by atoms with Crippen molar-refractivity contribution in [3.63, 3.8) is 0 Å². The fourth-order valence-electron chi connectivity index (χ4n) is 11.1. The van der Waals surface area contributed by atoms with Crippen LogP contribution in [0.5, 0.6) is 0 Å². The van der Waals surface area contributed by atoms with Gasteiger partial charge in [-0.3, -0.25) is 0 Å². The van der Waals surface area contributed by atoms with E-state index < -0.39 is 17.9 Å². The van der Waals surface area contributed by atoms with E-state index in [-0.39, 0.29) is 37.6 Å². The van der Waals surface area contributed by atoms with E-state index >= 15 is 0 Å². The highest BCUT2D eigenvalue weighted by atomic mass is 16.9. The quantitative estimate of drug-likeness (QED) is 0.651. The monoisotopic (exact) mass is 488 g/mol. The Hall–Kier alpha value is -0.280. The van der Waals surface area contributed by atoms with Gasteiger partial charge in [0, 0.05) is 23.7 Å². The van der Waals surface area contributed by atoms with Crippen molar-refractivity contribution in [1.82, 2.24) is 0 Å². The smallest absolute Gasteiger partial charge is 0.190 e. The van der Waals surface area contributed by atoms with E-state index in [4.69, 9.17) is 28.4 Å². The summed E-state index contributed by atoms with van der Waals surface area (Å²) in [6.45, 7) is 0.805. The van der Waals surface area contributed by atoms with Gasteiger partial charge in [0.1, 0.15) is 24.4 Å². The fourth-order valence-corrected chi connectivity index (χ4v) is 11.1. The molecule has 11 fully saturated rings. The van der Waals surface area contributed by atoms with Gasteiger partial charge in [0.2, 0.25) is 0 Å². The molecule has 7 nitrogen and oxygen atoms in total. The Morgan fingerprint density at radius 3 is 1.80 bits per heavy atom. The Labute approximate surface area is 207 Å². The van der Waals surface area contributed by atoms with Gasteiger partial charge in [0.05, 0.1) is 19.8 Å². The lowest BCUT2D eigenvalue weighted by Gasteiger charge is -2.58. The number of fused-ring (bicyclic) bond motifs is 1. The molecule has 0 aromatic rings. The Bertz CT molecular complexity index is 819. The third kappa shape index (κ3) is 2.87. The normalized spacial score (nSPS) is 63.2. The third-order valence-electron chi connectivity index (χ3n) is 12.0. The predicted molar refractivity (Wildman–Crippen MR) is 122 cm³/mol. The maximum absolute atomic E-state index is 9.57. The van der Waals surface area contributed by atoms with Gasteiger partial charge in [-0.15, -0.1) is 0 Å². The molecule has 0 aromatic carbocycles. The largest absolute Gasteiger partial charge is 0.394 e. The zero-order valence-corrected chi connectivity index (χ0v) is 20.6. The SMILES string of the molecule is OCCOC1C(C2COC3(O2)C2CC4CC(C2)CC3C4)OC2OC3(OC21)C1CC2CC(C1)CC3C2. The summed E-state index contributed by atoms with van der Waals surface area (Å²) in [6.07, 6.45) is 11.3. The lowest BCUT2D eigenvalue weighted by molar-refractivity contribution is -0.333. The summed E-state index contributed by atoms with van der Waals surface area (Å²) >= 11 is 0. The topological polar surface area (TPSA) is 75.6 Å². The second-order valence-corrected chi connectivity index (χ2v) is 13.7. The molecule has 5 atom stereocenters. The first-order valence-corrected chi connectivity index (χ1v) is 14.7. The van der Waals surface area contributed by atoms with Crippen molar-refractivity contribution < 1.29 is 33.5 Å². The van der Waals surface area contributed by atoms with Gasteiger partial charge in [-0.2, -0.15) is 0 Å². The number of hydrogen-bond acceptors (Lipinski definition) is 7. The maximum atomic E-state index is 9.57. The molecule has 3 aliphatic heterocycles. The summed E-state index contributed by atoms with van der Waals surface area (Å²) in [5.41, 5.74) is 0. The van der Waals surface area contributed by atoms with E-state index in [0.717, 1.165) is 23.7 Å². The number of ether oxygens (including phenoxy) is 6. The molecular weight excluding hydrogens is 448 g/mol. The average Bonchev–Trinajstić information content (AvgIpc) is 3.52. The van der Waals surface area contributed by atoms with E-state index in [9.17, 15) is 5.11 Å². The van der Waals surface area contributed by atoms with Crippen LogP contribution in [0.3, 0.4) is 0 Å². The highest BCUT2D eigenvalue weighted by Crippen LogP contribution is 2.64. The van der Waals surface area contributed by atoms with Gasteiger partial charge in [-0.05, 0) is 87.9 Å². The summed E-state index contributed by atoms with van der Waals surface area (Å²) in [4.78, 5) is 0. The molecular formula is C28H40O7. The van der Waals surface area contributed by atoms with Crippen LogP contribution in [0.2, 0.25) is 0 Å². The average molecular weight is 489 g/mol. The van der Waals surface area contributed by atoms with Gasteiger partial charge >= 0.3 is 0 Å². The van der Waals surface area contributed by atoms with Crippen LogP contribution in [0.4, 0.5) is 0 Å². The van der Waals surface area contributed by atoms with Gasteiger partial charge < -0.3 is 33.5 Å². The van der Waals surface area contributed by atoms with Crippen LogP contribution in [0.15, 0.2) is 0 Å². The Kier molecular flexibility index (Phi) is 4.59. The second-order valence-electron chi connectivity index (χ2n) is 13.7. The Morgan fingerprint density at radius 2 is 1.23 bits per heavy atom. The molecule has 35 heavy (non-hydrogen) atoms. The molecule has 0 radical (unpaired) electrons.